The van der Waals surface area contributed by atoms with Crippen LogP contribution in [0.1, 0.15) is 67.2 Å². The first-order valence-electron chi connectivity index (χ1n) is 14.6. The van der Waals surface area contributed by atoms with Crippen LogP contribution in [0.15, 0.2) is 78.9 Å². The van der Waals surface area contributed by atoms with Gasteiger partial charge in [-0.05, 0) is 99.0 Å². The minimum Gasteiger partial charge on any atom is -0.493 e. The predicted molar refractivity (Wildman–Crippen MR) is 162 cm³/mol. The molecule has 1 atom stereocenters. The molecule has 1 heterocycles. The summed E-state index contributed by atoms with van der Waals surface area (Å²) in [6, 6.07) is 26.5. The van der Waals surface area contributed by atoms with Crippen LogP contribution in [0.25, 0.3) is 6.08 Å². The second-order valence-corrected chi connectivity index (χ2v) is 11.3. The zero-order valence-corrected chi connectivity index (χ0v) is 23.7. The molecule has 5 rings (SSSR count). The first-order valence-corrected chi connectivity index (χ1v) is 14.6. The molecule has 1 saturated heterocycles. The third kappa shape index (κ3) is 5.64. The molecular weight excluding hydrogens is 480 g/mol. The third-order valence-electron chi connectivity index (χ3n) is 9.12. The van der Waals surface area contributed by atoms with Gasteiger partial charge in [-0.1, -0.05) is 79.2 Å². The van der Waals surface area contributed by atoms with E-state index in [0.29, 0.717) is 0 Å². The van der Waals surface area contributed by atoms with Crippen LogP contribution >= 0.6 is 0 Å². The summed E-state index contributed by atoms with van der Waals surface area (Å²) in [5, 5.41) is 0. The maximum absolute atomic E-state index is 6.08. The van der Waals surface area contributed by atoms with Gasteiger partial charge >= 0.3 is 0 Å². The molecule has 39 heavy (non-hydrogen) atoms. The highest BCUT2D eigenvalue weighted by atomic mass is 16.5. The van der Waals surface area contributed by atoms with Gasteiger partial charge in [0.05, 0.1) is 14.2 Å². The van der Waals surface area contributed by atoms with Crippen LogP contribution in [0.5, 0.6) is 11.5 Å². The van der Waals surface area contributed by atoms with Gasteiger partial charge in [0.1, 0.15) is 0 Å². The number of piperidine rings is 1. The number of nitrogens with zero attached hydrogens (tertiary/aromatic N) is 1. The van der Waals surface area contributed by atoms with E-state index in [-0.39, 0.29) is 11.0 Å². The first kappa shape index (κ1) is 27.5. The van der Waals surface area contributed by atoms with Crippen molar-refractivity contribution in [3.63, 3.8) is 0 Å². The molecule has 3 aromatic rings. The maximum atomic E-state index is 6.08. The molecule has 4 heteroatoms. The summed E-state index contributed by atoms with van der Waals surface area (Å²) < 4.78 is 11.2. The molecule has 0 amide bonds. The highest BCUT2D eigenvalue weighted by Gasteiger charge is 2.40. The number of fused-ring (bicyclic) bond motifs is 1. The Morgan fingerprint density at radius 2 is 1.49 bits per heavy atom. The Balaban J connectivity index is 1.40. The van der Waals surface area contributed by atoms with E-state index in [1.807, 2.05) is 0 Å². The van der Waals surface area contributed by atoms with E-state index in [2.05, 4.69) is 89.8 Å². The minimum atomic E-state index is -0.0240. The number of likely N-dealkylation sites (tertiary alicyclic amines) is 1. The average Bonchev–Trinajstić information content (AvgIpc) is 3.00. The van der Waals surface area contributed by atoms with Gasteiger partial charge in [-0.3, -0.25) is 4.90 Å². The smallest absolute Gasteiger partial charge is 0.161 e. The molecule has 1 unspecified atom stereocenters. The molecule has 3 aromatic carbocycles. The topological polar surface area (TPSA) is 47.7 Å². The molecule has 0 bridgehead atoms. The van der Waals surface area contributed by atoms with Crippen LogP contribution < -0.4 is 15.2 Å². The van der Waals surface area contributed by atoms with Crippen LogP contribution in [-0.2, 0) is 11.8 Å². The van der Waals surface area contributed by atoms with Crippen molar-refractivity contribution in [1.29, 1.82) is 0 Å². The molecule has 206 valence electrons. The number of nitrogens with two attached hydrogens (primary N) is 1. The summed E-state index contributed by atoms with van der Waals surface area (Å²) in [5.41, 5.74) is 11.5. The number of benzene rings is 3. The van der Waals surface area contributed by atoms with Gasteiger partial charge in [0.2, 0.25) is 0 Å². The van der Waals surface area contributed by atoms with E-state index < -0.39 is 0 Å². The fraction of sp³-hybridized carbons (Fsp3) is 0.429. The molecule has 2 N–H and O–H groups in total. The summed E-state index contributed by atoms with van der Waals surface area (Å²) in [5.74, 6) is 1.62. The third-order valence-corrected chi connectivity index (χ3v) is 9.12. The van der Waals surface area contributed by atoms with Crippen molar-refractivity contribution >= 4 is 6.08 Å². The number of ether oxygens (including phenoxy) is 2. The van der Waals surface area contributed by atoms with Crippen molar-refractivity contribution in [2.45, 2.75) is 62.3 Å². The molecule has 4 nitrogen and oxygen atoms in total. The predicted octanol–water partition coefficient (Wildman–Crippen LogP) is 7.00. The summed E-state index contributed by atoms with van der Waals surface area (Å²) in [6.07, 6.45) is 13.9. The summed E-state index contributed by atoms with van der Waals surface area (Å²) in [7, 11) is 3.43. The highest BCUT2D eigenvalue weighted by molar-refractivity contribution is 5.64. The zero-order chi connectivity index (χ0) is 27.1. The second-order valence-electron chi connectivity index (χ2n) is 11.3. The molecule has 0 aromatic heterocycles. The van der Waals surface area contributed by atoms with Crippen LogP contribution in [0.4, 0.5) is 0 Å². The Morgan fingerprint density at radius 1 is 0.846 bits per heavy atom. The molecule has 1 aliphatic carbocycles. The van der Waals surface area contributed by atoms with E-state index in [1.54, 1.807) is 14.2 Å². The van der Waals surface area contributed by atoms with Crippen molar-refractivity contribution in [3.8, 4) is 11.5 Å². The number of rotatable bonds is 11. The van der Waals surface area contributed by atoms with Gasteiger partial charge in [0.15, 0.2) is 11.5 Å². The molecule has 2 aliphatic rings. The van der Waals surface area contributed by atoms with Crippen molar-refractivity contribution in [2.75, 3.05) is 33.9 Å². The van der Waals surface area contributed by atoms with Crippen molar-refractivity contribution < 1.29 is 9.47 Å². The van der Waals surface area contributed by atoms with Crippen LogP contribution in [0.3, 0.4) is 0 Å². The van der Waals surface area contributed by atoms with E-state index in [1.165, 1.54) is 41.5 Å². The molecule has 0 saturated carbocycles. The first-order chi connectivity index (χ1) is 19.1. The van der Waals surface area contributed by atoms with Gasteiger partial charge in [-0.15, -0.1) is 0 Å². The fourth-order valence-electron chi connectivity index (χ4n) is 7.08. The second kappa shape index (κ2) is 12.4. The molecule has 1 fully saturated rings. The van der Waals surface area contributed by atoms with Crippen molar-refractivity contribution in [3.05, 3.63) is 101 Å². The van der Waals surface area contributed by atoms with Crippen LogP contribution in [0, 0.1) is 0 Å². The van der Waals surface area contributed by atoms with Crippen molar-refractivity contribution in [1.82, 2.24) is 4.90 Å². The lowest BCUT2D eigenvalue weighted by atomic mass is 9.68. The van der Waals surface area contributed by atoms with E-state index in [4.69, 9.17) is 15.2 Å². The van der Waals surface area contributed by atoms with Gasteiger partial charge in [0.25, 0.3) is 0 Å². The monoisotopic (exact) mass is 524 g/mol. The number of methoxy groups -OCH3 is 2. The quantitative estimate of drug-likeness (QED) is 0.293. The summed E-state index contributed by atoms with van der Waals surface area (Å²) >= 11 is 0. The minimum absolute atomic E-state index is 0.0240. The molecule has 1 spiro atoms. The SMILES string of the molecule is COc1cc2c(cc1OC)CC1(C=C2)CCCCN1CCCC(CCCN)(c1ccccc1)c1ccccc1. The van der Waals surface area contributed by atoms with Gasteiger partial charge in [-0.25, -0.2) is 0 Å². The Morgan fingerprint density at radius 3 is 2.13 bits per heavy atom. The number of hydrogen-bond acceptors (Lipinski definition) is 4. The maximum Gasteiger partial charge on any atom is 0.161 e. The lowest BCUT2D eigenvalue weighted by molar-refractivity contribution is 0.0812. The Bertz CT molecular complexity index is 1200. The highest BCUT2D eigenvalue weighted by Crippen LogP contribution is 2.44. The summed E-state index contributed by atoms with van der Waals surface area (Å²) in [6.45, 7) is 2.96. The van der Waals surface area contributed by atoms with E-state index >= 15 is 0 Å². The fourth-order valence-corrected chi connectivity index (χ4v) is 7.08. The van der Waals surface area contributed by atoms with Crippen molar-refractivity contribution in [2.24, 2.45) is 5.73 Å². The van der Waals surface area contributed by atoms with Gasteiger partial charge in [-0.2, -0.15) is 0 Å². The summed E-state index contributed by atoms with van der Waals surface area (Å²) in [4.78, 5) is 2.77. The molecule has 1 aliphatic heterocycles. The Hall–Kier alpha value is -3.08. The molecular formula is C35H44N2O2. The standard InChI is InChI=1S/C35H44N2O2/c1-38-32-25-28-17-21-34(27-29(28)26-33(32)39-2)18-9-10-23-37(34)24-12-20-35(19-11-22-36,30-13-5-3-6-14-30)31-15-7-4-8-16-31/h3-8,13-17,21,25-26H,9-12,18-20,22-24,27,36H2,1-2H3. The Labute approximate surface area is 234 Å². The lowest BCUT2D eigenvalue weighted by Crippen LogP contribution is -2.53. The van der Waals surface area contributed by atoms with Gasteiger partial charge < -0.3 is 15.2 Å². The van der Waals surface area contributed by atoms with Crippen LogP contribution in [-0.4, -0.2) is 44.3 Å². The van der Waals surface area contributed by atoms with Crippen LogP contribution in [0.2, 0.25) is 0 Å². The van der Waals surface area contributed by atoms with Gasteiger partial charge in [0, 0.05) is 11.0 Å². The lowest BCUT2D eigenvalue weighted by Gasteiger charge is -2.48. The number of hydrogen-bond donors (Lipinski definition) is 1. The van der Waals surface area contributed by atoms with E-state index in [0.717, 1.165) is 63.2 Å². The Kier molecular flexibility index (Phi) is 8.74. The largest absolute Gasteiger partial charge is 0.493 e. The van der Waals surface area contributed by atoms with E-state index in [9.17, 15) is 0 Å². The zero-order valence-electron chi connectivity index (χ0n) is 23.7. The average molecular weight is 525 g/mol. The normalized spacial score (nSPS) is 19.2. The molecule has 0 radical (unpaired) electrons.